The van der Waals surface area contributed by atoms with Gasteiger partial charge >= 0.3 is 0 Å². The van der Waals surface area contributed by atoms with Gasteiger partial charge < -0.3 is 0 Å². The first-order valence-electron chi connectivity index (χ1n) is 3.13. The lowest BCUT2D eigenvalue weighted by molar-refractivity contribution is 1.02. The van der Waals surface area contributed by atoms with Crippen molar-refractivity contribution in [1.82, 2.24) is 0 Å². The monoisotopic (exact) mass is 119 g/mol. The quantitative estimate of drug-likeness (QED) is 0.430. The predicted molar refractivity (Wildman–Crippen MR) is 38.8 cm³/mol. The molecule has 0 radical (unpaired) electrons. The lowest BCUT2D eigenvalue weighted by atomic mass is 10.4. The number of hydrogen-bond donors (Lipinski definition) is 0. The van der Waals surface area contributed by atoms with Crippen LogP contribution in [0.5, 0.6) is 0 Å². The molecule has 1 heteroatoms. The van der Waals surface area contributed by atoms with Gasteiger partial charge in [0.15, 0.2) is 0 Å². The first-order valence-corrected chi connectivity index (χ1v) is 3.13. The standard InChI is InChI=1S/C8H9N/c1-2-4-6-8-9-7-5-3-1/h1,4-5H,3,6,8H2. The molecule has 0 aromatic carbocycles. The number of nitrogens with zero attached hydrogens (tertiary/aromatic N) is 1. The molecule has 1 rings (SSSR count). The van der Waals surface area contributed by atoms with Crippen LogP contribution in [-0.2, 0) is 0 Å². The molecule has 0 fully saturated rings. The maximum absolute atomic E-state index is 3.99. The van der Waals surface area contributed by atoms with Crippen LogP contribution in [0.1, 0.15) is 12.8 Å². The molecule has 46 valence electrons. The second-order valence-corrected chi connectivity index (χ2v) is 1.81. The summed E-state index contributed by atoms with van der Waals surface area (Å²) in [5, 5.41) is 0. The number of hydrogen-bond acceptors (Lipinski definition) is 1. The Balaban J connectivity index is 2.61. The van der Waals surface area contributed by atoms with Crippen molar-refractivity contribution in [2.45, 2.75) is 12.8 Å². The Morgan fingerprint density at radius 2 is 2.22 bits per heavy atom. The first-order chi connectivity index (χ1) is 4.50. The summed E-state index contributed by atoms with van der Waals surface area (Å²) < 4.78 is 0. The Kier molecular flexibility index (Phi) is 2.65. The van der Waals surface area contributed by atoms with Gasteiger partial charge in [0.2, 0.25) is 0 Å². The van der Waals surface area contributed by atoms with E-state index in [2.05, 4.69) is 16.6 Å². The summed E-state index contributed by atoms with van der Waals surface area (Å²) >= 11 is 0. The van der Waals surface area contributed by atoms with Gasteiger partial charge in [-0.3, -0.25) is 0 Å². The van der Waals surface area contributed by atoms with E-state index in [0.29, 0.717) is 0 Å². The van der Waals surface area contributed by atoms with Crippen LogP contribution in [0, 0.1) is 0 Å². The molecule has 1 aliphatic heterocycles. The molecule has 0 aromatic heterocycles. The summed E-state index contributed by atoms with van der Waals surface area (Å²) in [6.45, 7) is 0.845. The minimum Gasteiger partial charge on any atom is -0.243 e. The van der Waals surface area contributed by atoms with Crippen molar-refractivity contribution >= 4 is 5.87 Å². The zero-order chi connectivity index (χ0) is 6.36. The molecule has 0 spiro atoms. The first kappa shape index (κ1) is 6.10. The van der Waals surface area contributed by atoms with Crippen LogP contribution in [0.4, 0.5) is 0 Å². The molecule has 0 aromatic rings. The van der Waals surface area contributed by atoms with E-state index in [1.807, 2.05) is 18.2 Å². The summed E-state index contributed by atoms with van der Waals surface area (Å²) in [4.78, 5) is 3.99. The highest BCUT2D eigenvalue weighted by Crippen LogP contribution is 1.86. The van der Waals surface area contributed by atoms with Crippen LogP contribution in [0.15, 0.2) is 29.0 Å². The Morgan fingerprint density at radius 3 is 3.22 bits per heavy atom. The maximum Gasteiger partial charge on any atom is 0.0524 e. The smallest absolute Gasteiger partial charge is 0.0524 e. The Labute approximate surface area is 55.1 Å². The van der Waals surface area contributed by atoms with Gasteiger partial charge in [0.05, 0.1) is 6.54 Å². The summed E-state index contributed by atoms with van der Waals surface area (Å²) in [6, 6.07) is 0. The molecule has 0 aliphatic carbocycles. The largest absolute Gasteiger partial charge is 0.243 e. The van der Waals surface area contributed by atoms with E-state index in [-0.39, 0.29) is 0 Å². The molecular formula is C8H9N. The minimum absolute atomic E-state index is 0.845. The number of allylic oxidation sites excluding steroid dienone is 1. The molecule has 1 aliphatic rings. The third-order valence-electron chi connectivity index (χ3n) is 1.04. The minimum atomic E-state index is 0.845. The third-order valence-corrected chi connectivity index (χ3v) is 1.04. The number of aliphatic imine (C=N–C) groups is 1. The van der Waals surface area contributed by atoms with E-state index in [0.717, 1.165) is 19.4 Å². The summed E-state index contributed by atoms with van der Waals surface area (Å²) in [6.07, 6.45) is 7.78. The molecule has 0 atom stereocenters. The van der Waals surface area contributed by atoms with Crippen LogP contribution >= 0.6 is 0 Å². The van der Waals surface area contributed by atoms with E-state index in [9.17, 15) is 0 Å². The maximum atomic E-state index is 3.99. The van der Waals surface area contributed by atoms with Crippen LogP contribution in [0.2, 0.25) is 0 Å². The SMILES string of the molecule is C1=CCC=C=NCCC=1. The molecule has 9 heavy (non-hydrogen) atoms. The lowest BCUT2D eigenvalue weighted by Crippen LogP contribution is -1.71. The fourth-order valence-corrected chi connectivity index (χ4v) is 0.605. The van der Waals surface area contributed by atoms with Crippen molar-refractivity contribution in [3.05, 3.63) is 24.0 Å². The van der Waals surface area contributed by atoms with Crippen LogP contribution in [0.25, 0.3) is 0 Å². The van der Waals surface area contributed by atoms with Crippen molar-refractivity contribution in [1.29, 1.82) is 0 Å². The van der Waals surface area contributed by atoms with Crippen molar-refractivity contribution in [2.24, 2.45) is 4.99 Å². The van der Waals surface area contributed by atoms with E-state index < -0.39 is 0 Å². The van der Waals surface area contributed by atoms with Crippen LogP contribution in [0.3, 0.4) is 0 Å². The van der Waals surface area contributed by atoms with Crippen LogP contribution < -0.4 is 0 Å². The van der Waals surface area contributed by atoms with Crippen molar-refractivity contribution in [2.75, 3.05) is 6.54 Å². The fourth-order valence-electron chi connectivity index (χ4n) is 0.605. The number of rotatable bonds is 0. The topological polar surface area (TPSA) is 12.4 Å². The lowest BCUT2D eigenvalue weighted by Gasteiger charge is -1.77. The zero-order valence-corrected chi connectivity index (χ0v) is 5.30. The second-order valence-electron chi connectivity index (χ2n) is 1.81. The fraction of sp³-hybridized carbons (Fsp3) is 0.375. The molecule has 1 heterocycles. The highest BCUT2D eigenvalue weighted by atomic mass is 14.7. The average Bonchev–Trinajstić information content (AvgIpc) is 2.00. The predicted octanol–water partition coefficient (Wildman–Crippen LogP) is 1.72. The highest BCUT2D eigenvalue weighted by Gasteiger charge is 1.75. The van der Waals surface area contributed by atoms with Gasteiger partial charge in [0.1, 0.15) is 0 Å². The van der Waals surface area contributed by atoms with Gasteiger partial charge in [-0.2, -0.15) is 0 Å². The highest BCUT2D eigenvalue weighted by molar-refractivity contribution is 5.51. The normalized spacial score (nSPS) is 16.9. The van der Waals surface area contributed by atoms with Gasteiger partial charge in [-0.15, -0.1) is 5.73 Å². The van der Waals surface area contributed by atoms with Gasteiger partial charge in [-0.05, 0) is 36.9 Å². The summed E-state index contributed by atoms with van der Waals surface area (Å²) in [7, 11) is 0. The van der Waals surface area contributed by atoms with Gasteiger partial charge in [0, 0.05) is 0 Å². The Bertz CT molecular complexity index is 167. The second kappa shape index (κ2) is 3.91. The van der Waals surface area contributed by atoms with Crippen molar-refractivity contribution in [3.8, 4) is 0 Å². The Morgan fingerprint density at radius 1 is 1.22 bits per heavy atom. The van der Waals surface area contributed by atoms with Crippen molar-refractivity contribution in [3.63, 3.8) is 0 Å². The van der Waals surface area contributed by atoms with Gasteiger partial charge in [0.25, 0.3) is 0 Å². The average molecular weight is 119 g/mol. The summed E-state index contributed by atoms with van der Waals surface area (Å²) in [5.74, 6) is 2.84. The molecule has 0 unspecified atom stereocenters. The zero-order valence-electron chi connectivity index (χ0n) is 5.30. The van der Waals surface area contributed by atoms with E-state index >= 15 is 0 Å². The van der Waals surface area contributed by atoms with Gasteiger partial charge in [-0.25, -0.2) is 4.99 Å². The van der Waals surface area contributed by atoms with Gasteiger partial charge in [-0.1, -0.05) is 0 Å². The van der Waals surface area contributed by atoms with Crippen LogP contribution in [-0.4, -0.2) is 12.4 Å². The Hall–Kier alpha value is -1.03. The molecule has 0 saturated carbocycles. The molecule has 0 bridgehead atoms. The molecular weight excluding hydrogens is 110 g/mol. The molecule has 0 amide bonds. The van der Waals surface area contributed by atoms with E-state index in [4.69, 9.17) is 0 Å². The van der Waals surface area contributed by atoms with E-state index in [1.54, 1.807) is 0 Å². The van der Waals surface area contributed by atoms with Crippen molar-refractivity contribution < 1.29 is 0 Å². The van der Waals surface area contributed by atoms with E-state index in [1.165, 1.54) is 0 Å². The molecule has 1 nitrogen and oxygen atoms in total. The molecule has 0 saturated heterocycles. The molecule has 0 N–H and O–H groups in total. The summed E-state index contributed by atoms with van der Waals surface area (Å²) in [5.41, 5.74) is 3.05. The third kappa shape index (κ3) is 2.71.